The normalized spacial score (nSPS) is 12.5. The first-order valence-corrected chi connectivity index (χ1v) is 5.94. The predicted molar refractivity (Wildman–Crippen MR) is 66.9 cm³/mol. The van der Waals surface area contributed by atoms with E-state index in [2.05, 4.69) is 0 Å². The number of rotatable bonds is 7. The van der Waals surface area contributed by atoms with Crippen LogP contribution >= 0.6 is 0 Å². The molecule has 0 bridgehead atoms. The molecule has 0 aliphatic carbocycles. The highest BCUT2D eigenvalue weighted by atomic mass is 19.1. The maximum absolute atomic E-state index is 12.9. The summed E-state index contributed by atoms with van der Waals surface area (Å²) >= 11 is 0. The van der Waals surface area contributed by atoms with Gasteiger partial charge in [-0.2, -0.15) is 0 Å². The molecule has 0 saturated carbocycles. The van der Waals surface area contributed by atoms with Gasteiger partial charge in [0, 0.05) is 6.04 Å². The summed E-state index contributed by atoms with van der Waals surface area (Å²) in [6.07, 6.45) is 3.44. The molecular formula is C12H19BFNO2. The molecule has 1 aromatic rings. The number of unbranched alkanes of at least 4 members (excludes halogenated alkanes) is 1. The molecule has 1 unspecified atom stereocenters. The Morgan fingerprint density at radius 2 is 2.06 bits per heavy atom. The summed E-state index contributed by atoms with van der Waals surface area (Å²) in [6, 6.07) is 6.45. The zero-order valence-corrected chi connectivity index (χ0v) is 9.85. The molecule has 3 nitrogen and oxygen atoms in total. The smallest absolute Gasteiger partial charge is 0.427 e. The SMILES string of the molecule is NC(CCCCB(O)O)Cc1cccc(F)c1. The van der Waals surface area contributed by atoms with Crippen molar-refractivity contribution in [1.82, 2.24) is 0 Å². The lowest BCUT2D eigenvalue weighted by molar-refractivity contribution is 0.400. The molecule has 0 aromatic heterocycles. The molecule has 0 saturated heterocycles. The van der Waals surface area contributed by atoms with Gasteiger partial charge in [-0.25, -0.2) is 4.39 Å². The number of hydrogen-bond acceptors (Lipinski definition) is 3. The van der Waals surface area contributed by atoms with Crippen LogP contribution in [0, 0.1) is 5.82 Å². The summed E-state index contributed by atoms with van der Waals surface area (Å²) in [5.74, 6) is -0.238. The van der Waals surface area contributed by atoms with Crippen LogP contribution in [0.5, 0.6) is 0 Å². The van der Waals surface area contributed by atoms with E-state index in [9.17, 15) is 4.39 Å². The molecule has 1 aromatic carbocycles. The zero-order valence-electron chi connectivity index (χ0n) is 9.85. The van der Waals surface area contributed by atoms with E-state index in [1.54, 1.807) is 6.07 Å². The number of halogens is 1. The van der Waals surface area contributed by atoms with Crippen molar-refractivity contribution in [3.63, 3.8) is 0 Å². The third-order valence-electron chi connectivity index (χ3n) is 2.67. The quantitative estimate of drug-likeness (QED) is 0.496. The van der Waals surface area contributed by atoms with Crippen LogP contribution in [-0.2, 0) is 6.42 Å². The van der Waals surface area contributed by atoms with Crippen molar-refractivity contribution in [2.75, 3.05) is 0 Å². The highest BCUT2D eigenvalue weighted by molar-refractivity contribution is 6.40. The predicted octanol–water partition coefficient (Wildman–Crippen LogP) is 1.34. The Labute approximate surface area is 102 Å². The zero-order chi connectivity index (χ0) is 12.7. The van der Waals surface area contributed by atoms with E-state index < -0.39 is 7.12 Å². The fourth-order valence-corrected chi connectivity index (χ4v) is 1.80. The van der Waals surface area contributed by atoms with Crippen molar-refractivity contribution in [3.05, 3.63) is 35.6 Å². The van der Waals surface area contributed by atoms with Gasteiger partial charge in [-0.05, 0) is 36.9 Å². The van der Waals surface area contributed by atoms with E-state index >= 15 is 0 Å². The van der Waals surface area contributed by atoms with E-state index in [0.717, 1.165) is 24.8 Å². The van der Waals surface area contributed by atoms with E-state index in [0.29, 0.717) is 12.7 Å². The summed E-state index contributed by atoms with van der Waals surface area (Å²) in [5.41, 5.74) is 6.83. The molecule has 0 amide bonds. The number of nitrogens with two attached hydrogens (primary N) is 1. The molecule has 0 spiro atoms. The van der Waals surface area contributed by atoms with Gasteiger partial charge in [0.05, 0.1) is 0 Å². The van der Waals surface area contributed by atoms with Crippen LogP contribution in [0.1, 0.15) is 24.8 Å². The third-order valence-corrected chi connectivity index (χ3v) is 2.67. The summed E-state index contributed by atoms with van der Waals surface area (Å²) in [5, 5.41) is 17.3. The van der Waals surface area contributed by atoms with Crippen LogP contribution in [0.3, 0.4) is 0 Å². The lowest BCUT2D eigenvalue weighted by Gasteiger charge is -2.11. The Kier molecular flexibility index (Phi) is 6.18. The molecule has 0 fully saturated rings. The monoisotopic (exact) mass is 239 g/mol. The van der Waals surface area contributed by atoms with E-state index in [1.165, 1.54) is 12.1 Å². The van der Waals surface area contributed by atoms with Crippen molar-refractivity contribution in [2.45, 2.75) is 38.0 Å². The van der Waals surface area contributed by atoms with Crippen molar-refractivity contribution >= 4 is 7.12 Å². The molecular weight excluding hydrogens is 220 g/mol. The fourth-order valence-electron chi connectivity index (χ4n) is 1.80. The second kappa shape index (κ2) is 7.43. The second-order valence-corrected chi connectivity index (χ2v) is 4.36. The van der Waals surface area contributed by atoms with Crippen molar-refractivity contribution in [3.8, 4) is 0 Å². The molecule has 1 atom stereocenters. The molecule has 94 valence electrons. The maximum Gasteiger partial charge on any atom is 0.451 e. The average molecular weight is 239 g/mol. The van der Waals surface area contributed by atoms with Crippen LogP contribution in [-0.4, -0.2) is 23.2 Å². The minimum Gasteiger partial charge on any atom is -0.427 e. The van der Waals surface area contributed by atoms with Gasteiger partial charge in [-0.1, -0.05) is 25.0 Å². The second-order valence-electron chi connectivity index (χ2n) is 4.36. The van der Waals surface area contributed by atoms with Crippen LogP contribution < -0.4 is 5.73 Å². The summed E-state index contributed by atoms with van der Waals surface area (Å²) in [4.78, 5) is 0. The lowest BCUT2D eigenvalue weighted by atomic mass is 9.83. The number of benzene rings is 1. The molecule has 0 aliphatic rings. The maximum atomic E-state index is 12.9. The molecule has 4 N–H and O–H groups in total. The topological polar surface area (TPSA) is 66.5 Å². The summed E-state index contributed by atoms with van der Waals surface area (Å²) in [7, 11) is -1.23. The summed E-state index contributed by atoms with van der Waals surface area (Å²) in [6.45, 7) is 0. The highest BCUT2D eigenvalue weighted by Crippen LogP contribution is 2.10. The molecule has 1 rings (SSSR count). The standard InChI is InChI=1S/C12H19BFNO2/c14-11-5-3-4-10(8-11)9-12(15)6-1-2-7-13(16)17/h3-5,8,12,16-17H,1-2,6-7,9,15H2. The first-order valence-electron chi connectivity index (χ1n) is 5.94. The Hall–Kier alpha value is -0.905. The largest absolute Gasteiger partial charge is 0.451 e. The van der Waals surface area contributed by atoms with Crippen molar-refractivity contribution < 1.29 is 14.4 Å². The van der Waals surface area contributed by atoms with E-state index in [-0.39, 0.29) is 11.9 Å². The first-order chi connectivity index (χ1) is 8.08. The molecule has 17 heavy (non-hydrogen) atoms. The lowest BCUT2D eigenvalue weighted by Crippen LogP contribution is -2.22. The van der Waals surface area contributed by atoms with Crippen molar-refractivity contribution in [2.24, 2.45) is 5.73 Å². The van der Waals surface area contributed by atoms with Gasteiger partial charge in [0.2, 0.25) is 0 Å². The molecule has 0 aliphatic heterocycles. The Bertz CT molecular complexity index is 336. The van der Waals surface area contributed by atoms with Gasteiger partial charge in [-0.3, -0.25) is 0 Å². The minimum atomic E-state index is -1.23. The van der Waals surface area contributed by atoms with Crippen LogP contribution in [0.25, 0.3) is 0 Å². The van der Waals surface area contributed by atoms with Gasteiger partial charge in [0.25, 0.3) is 0 Å². The van der Waals surface area contributed by atoms with E-state index in [1.807, 2.05) is 6.07 Å². The minimum absolute atomic E-state index is 0.00682. The molecule has 0 heterocycles. The van der Waals surface area contributed by atoms with Gasteiger partial charge >= 0.3 is 7.12 Å². The number of hydrogen-bond donors (Lipinski definition) is 3. The van der Waals surface area contributed by atoms with Crippen LogP contribution in [0.4, 0.5) is 4.39 Å². The van der Waals surface area contributed by atoms with Gasteiger partial charge in [0.1, 0.15) is 5.82 Å². The van der Waals surface area contributed by atoms with Crippen LogP contribution in [0.15, 0.2) is 24.3 Å². The van der Waals surface area contributed by atoms with Gasteiger partial charge in [-0.15, -0.1) is 0 Å². The van der Waals surface area contributed by atoms with Gasteiger partial charge in [0.15, 0.2) is 0 Å². The third kappa shape index (κ3) is 6.41. The van der Waals surface area contributed by atoms with Gasteiger partial charge < -0.3 is 15.8 Å². The van der Waals surface area contributed by atoms with Crippen molar-refractivity contribution in [1.29, 1.82) is 0 Å². The molecule has 5 heteroatoms. The molecule has 0 radical (unpaired) electrons. The Balaban J connectivity index is 2.23. The highest BCUT2D eigenvalue weighted by Gasteiger charge is 2.08. The Morgan fingerprint density at radius 3 is 2.71 bits per heavy atom. The fraction of sp³-hybridized carbons (Fsp3) is 0.500. The van der Waals surface area contributed by atoms with E-state index in [4.69, 9.17) is 15.8 Å². The average Bonchev–Trinajstić information content (AvgIpc) is 2.24. The Morgan fingerprint density at radius 1 is 1.29 bits per heavy atom. The van der Waals surface area contributed by atoms with Crippen LogP contribution in [0.2, 0.25) is 6.32 Å². The first kappa shape index (κ1) is 14.2. The summed E-state index contributed by atoms with van der Waals surface area (Å²) < 4.78 is 12.9.